The minimum absolute atomic E-state index is 0.129. The van der Waals surface area contributed by atoms with Crippen molar-refractivity contribution < 1.29 is 4.79 Å². The molecular weight excluding hydrogens is 392 g/mol. The average Bonchev–Trinajstić information content (AvgIpc) is 2.79. The zero-order chi connectivity index (χ0) is 21.1. The summed E-state index contributed by atoms with van der Waals surface area (Å²) in [6.45, 7) is 7.37. The van der Waals surface area contributed by atoms with Crippen molar-refractivity contribution >= 4 is 23.1 Å². The number of benzene rings is 3. The molecule has 0 bridgehead atoms. The van der Waals surface area contributed by atoms with Gasteiger partial charge in [-0.25, -0.2) is 0 Å². The molecule has 154 valence electrons. The Morgan fingerprint density at radius 2 is 1.50 bits per heavy atom. The molecule has 1 heterocycles. The molecule has 4 heteroatoms. The Bertz CT molecular complexity index is 1010. The van der Waals surface area contributed by atoms with E-state index in [1.165, 1.54) is 5.56 Å². The minimum Gasteiger partial charge on any atom is -0.377 e. The molecule has 3 aromatic carbocycles. The quantitative estimate of drug-likeness (QED) is 0.508. The van der Waals surface area contributed by atoms with Crippen LogP contribution >= 0.6 is 11.6 Å². The van der Waals surface area contributed by atoms with E-state index in [2.05, 4.69) is 48.3 Å². The standard InChI is InChI=1S/C26H27ClN2O/c1-3-29(4-2)17-18-9-11-20(12-10-18)25-24(19-13-15-21(27)16-14-19)26(30)22-7-5-6-8-23(22)28-25/h5-16,24-25,28H,3-4,17H2,1-2H3. The second-order valence-corrected chi connectivity index (χ2v) is 8.20. The maximum atomic E-state index is 13.5. The van der Waals surface area contributed by atoms with Gasteiger partial charge >= 0.3 is 0 Å². The highest BCUT2D eigenvalue weighted by atomic mass is 35.5. The van der Waals surface area contributed by atoms with Crippen molar-refractivity contribution in [1.29, 1.82) is 0 Å². The van der Waals surface area contributed by atoms with E-state index in [1.807, 2.05) is 48.5 Å². The summed E-state index contributed by atoms with van der Waals surface area (Å²) in [6, 6.07) is 23.9. The van der Waals surface area contributed by atoms with Gasteiger partial charge in [-0.1, -0.05) is 74.0 Å². The third kappa shape index (κ3) is 4.14. The fourth-order valence-corrected chi connectivity index (χ4v) is 4.35. The van der Waals surface area contributed by atoms with Crippen LogP contribution in [-0.2, 0) is 6.54 Å². The first-order chi connectivity index (χ1) is 14.6. The van der Waals surface area contributed by atoms with Crippen LogP contribution in [0.25, 0.3) is 0 Å². The highest BCUT2D eigenvalue weighted by Gasteiger charge is 2.37. The molecule has 0 aromatic heterocycles. The third-order valence-corrected chi connectivity index (χ3v) is 6.24. The van der Waals surface area contributed by atoms with Gasteiger partial charge < -0.3 is 5.32 Å². The van der Waals surface area contributed by atoms with Gasteiger partial charge in [-0.05, 0) is 54.0 Å². The number of halogens is 1. The first-order valence-electron chi connectivity index (χ1n) is 10.6. The Labute approximate surface area is 183 Å². The predicted octanol–water partition coefficient (Wildman–Crippen LogP) is 6.32. The van der Waals surface area contributed by atoms with Crippen LogP contribution < -0.4 is 5.32 Å². The first kappa shape index (κ1) is 20.6. The maximum Gasteiger partial charge on any atom is 0.174 e. The van der Waals surface area contributed by atoms with E-state index in [9.17, 15) is 4.79 Å². The molecule has 3 aromatic rings. The zero-order valence-corrected chi connectivity index (χ0v) is 18.2. The highest BCUT2D eigenvalue weighted by molar-refractivity contribution is 6.30. The number of carbonyl (C=O) groups is 1. The van der Waals surface area contributed by atoms with Crippen LogP contribution in [-0.4, -0.2) is 23.8 Å². The van der Waals surface area contributed by atoms with Gasteiger partial charge in [0.2, 0.25) is 0 Å². The summed E-state index contributed by atoms with van der Waals surface area (Å²) in [5.41, 5.74) is 5.01. The van der Waals surface area contributed by atoms with Crippen LogP contribution in [0.4, 0.5) is 5.69 Å². The molecule has 2 unspecified atom stereocenters. The summed E-state index contributed by atoms with van der Waals surface area (Å²) in [6.07, 6.45) is 0. The lowest BCUT2D eigenvalue weighted by Crippen LogP contribution is -2.31. The molecular formula is C26H27ClN2O. The van der Waals surface area contributed by atoms with Gasteiger partial charge in [-0.15, -0.1) is 0 Å². The number of fused-ring (bicyclic) bond motifs is 1. The first-order valence-corrected chi connectivity index (χ1v) is 10.9. The van der Waals surface area contributed by atoms with Gasteiger partial charge in [-0.3, -0.25) is 9.69 Å². The number of hydrogen-bond donors (Lipinski definition) is 1. The van der Waals surface area contributed by atoms with E-state index in [-0.39, 0.29) is 17.7 Å². The molecule has 30 heavy (non-hydrogen) atoms. The predicted molar refractivity (Wildman–Crippen MR) is 124 cm³/mol. The number of para-hydroxylation sites is 1. The monoisotopic (exact) mass is 418 g/mol. The molecule has 0 fully saturated rings. The molecule has 0 aliphatic carbocycles. The van der Waals surface area contributed by atoms with Crippen LogP contribution in [0.1, 0.15) is 52.9 Å². The Hall–Kier alpha value is -2.62. The molecule has 0 radical (unpaired) electrons. The van der Waals surface area contributed by atoms with Crippen molar-refractivity contribution in [3.8, 4) is 0 Å². The van der Waals surface area contributed by atoms with Crippen LogP contribution in [0.3, 0.4) is 0 Å². The van der Waals surface area contributed by atoms with Gasteiger partial charge in [0.1, 0.15) is 0 Å². The third-order valence-electron chi connectivity index (χ3n) is 5.99. The van der Waals surface area contributed by atoms with Crippen molar-refractivity contribution in [3.05, 3.63) is 100 Å². The summed E-state index contributed by atoms with van der Waals surface area (Å²) in [7, 11) is 0. The van der Waals surface area contributed by atoms with Gasteiger partial charge in [-0.2, -0.15) is 0 Å². The Kier molecular flexibility index (Phi) is 6.21. The molecule has 1 aliphatic heterocycles. The fourth-order valence-electron chi connectivity index (χ4n) is 4.22. The van der Waals surface area contributed by atoms with E-state index in [1.54, 1.807) is 0 Å². The lowest BCUT2D eigenvalue weighted by Gasteiger charge is -2.34. The molecule has 0 amide bonds. The van der Waals surface area contributed by atoms with Crippen molar-refractivity contribution in [2.45, 2.75) is 32.4 Å². The van der Waals surface area contributed by atoms with Crippen LogP contribution in [0.2, 0.25) is 5.02 Å². The lowest BCUT2D eigenvalue weighted by molar-refractivity contribution is 0.0945. The molecule has 1 aliphatic rings. The zero-order valence-electron chi connectivity index (χ0n) is 17.4. The molecule has 2 atom stereocenters. The number of ketones is 1. The maximum absolute atomic E-state index is 13.5. The summed E-state index contributed by atoms with van der Waals surface area (Å²) >= 11 is 6.10. The topological polar surface area (TPSA) is 32.3 Å². The van der Waals surface area contributed by atoms with Crippen LogP contribution in [0.5, 0.6) is 0 Å². The fraction of sp³-hybridized carbons (Fsp3) is 0.269. The number of rotatable bonds is 6. The number of anilines is 1. The highest BCUT2D eigenvalue weighted by Crippen LogP contribution is 2.42. The number of Topliss-reactive ketones (excluding diaryl/α,β-unsaturated/α-hetero) is 1. The smallest absolute Gasteiger partial charge is 0.174 e. The lowest BCUT2D eigenvalue weighted by atomic mass is 9.78. The van der Waals surface area contributed by atoms with E-state index in [4.69, 9.17) is 11.6 Å². The van der Waals surface area contributed by atoms with Crippen molar-refractivity contribution in [2.24, 2.45) is 0 Å². The summed E-state index contributed by atoms with van der Waals surface area (Å²) in [5.74, 6) is -0.158. The summed E-state index contributed by atoms with van der Waals surface area (Å²) in [4.78, 5) is 15.9. The van der Waals surface area contributed by atoms with Crippen molar-refractivity contribution in [1.82, 2.24) is 4.90 Å². The van der Waals surface area contributed by atoms with Crippen LogP contribution in [0, 0.1) is 0 Å². The minimum atomic E-state index is -0.300. The molecule has 0 spiro atoms. The number of nitrogens with one attached hydrogen (secondary N) is 1. The molecule has 3 nitrogen and oxygen atoms in total. The number of carbonyl (C=O) groups excluding carboxylic acids is 1. The van der Waals surface area contributed by atoms with E-state index >= 15 is 0 Å². The largest absolute Gasteiger partial charge is 0.377 e. The Morgan fingerprint density at radius 1 is 0.867 bits per heavy atom. The Balaban J connectivity index is 1.70. The van der Waals surface area contributed by atoms with Crippen molar-refractivity contribution in [2.75, 3.05) is 18.4 Å². The second-order valence-electron chi connectivity index (χ2n) is 7.76. The van der Waals surface area contributed by atoms with Crippen LogP contribution in [0.15, 0.2) is 72.8 Å². The van der Waals surface area contributed by atoms with E-state index < -0.39 is 0 Å². The summed E-state index contributed by atoms with van der Waals surface area (Å²) in [5, 5.41) is 4.30. The average molecular weight is 419 g/mol. The molecule has 4 rings (SSSR count). The van der Waals surface area contributed by atoms with Gasteiger partial charge in [0.05, 0.1) is 12.0 Å². The number of hydrogen-bond acceptors (Lipinski definition) is 3. The van der Waals surface area contributed by atoms with E-state index in [0.717, 1.165) is 42.0 Å². The van der Waals surface area contributed by atoms with Gasteiger partial charge in [0.25, 0.3) is 0 Å². The molecule has 0 saturated carbocycles. The van der Waals surface area contributed by atoms with Crippen molar-refractivity contribution in [3.63, 3.8) is 0 Å². The second kappa shape index (κ2) is 9.03. The van der Waals surface area contributed by atoms with E-state index in [0.29, 0.717) is 5.02 Å². The SMILES string of the molecule is CCN(CC)Cc1ccc(C2Nc3ccccc3C(=O)C2c2ccc(Cl)cc2)cc1. The van der Waals surface area contributed by atoms with Gasteiger partial charge in [0, 0.05) is 22.8 Å². The normalized spacial score (nSPS) is 18.2. The summed E-state index contributed by atoms with van der Waals surface area (Å²) < 4.78 is 0. The van der Waals surface area contributed by atoms with Gasteiger partial charge in [0.15, 0.2) is 5.78 Å². The molecule has 1 N–H and O–H groups in total. The Morgan fingerprint density at radius 3 is 2.17 bits per heavy atom. The number of nitrogens with zero attached hydrogens (tertiary/aromatic N) is 1. The molecule has 0 saturated heterocycles.